The van der Waals surface area contributed by atoms with Gasteiger partial charge in [-0.05, 0) is 18.4 Å². The van der Waals surface area contributed by atoms with E-state index in [0.29, 0.717) is 17.7 Å². The lowest BCUT2D eigenvalue weighted by molar-refractivity contribution is -0.141. The van der Waals surface area contributed by atoms with Crippen LogP contribution in [-0.2, 0) is 9.53 Å². The minimum atomic E-state index is -0.727. The molecule has 0 unspecified atom stereocenters. The zero-order valence-corrected chi connectivity index (χ0v) is 13.0. The fourth-order valence-corrected chi connectivity index (χ4v) is 1.97. The Balaban J connectivity index is 2.60. The number of hydrogen-bond donors (Lipinski definition) is 3. The van der Waals surface area contributed by atoms with Crippen LogP contribution in [0.15, 0.2) is 24.3 Å². The van der Waals surface area contributed by atoms with Crippen molar-refractivity contribution in [1.29, 1.82) is 0 Å². The Kier molecular flexibility index (Phi) is 8.19. The average Bonchev–Trinajstić information content (AvgIpc) is 2.52. The van der Waals surface area contributed by atoms with Crippen molar-refractivity contribution in [2.45, 2.75) is 19.4 Å². The van der Waals surface area contributed by atoms with Crippen LogP contribution in [-0.4, -0.2) is 41.8 Å². The third-order valence-electron chi connectivity index (χ3n) is 3.09. The molecule has 0 aromatic heterocycles. The summed E-state index contributed by atoms with van der Waals surface area (Å²) in [6.45, 7) is 2.22. The highest BCUT2D eigenvalue weighted by Crippen LogP contribution is 2.31. The lowest BCUT2D eigenvalue weighted by Gasteiger charge is -2.21. The van der Waals surface area contributed by atoms with Crippen molar-refractivity contribution in [3.63, 3.8) is 0 Å². The summed E-state index contributed by atoms with van der Waals surface area (Å²) >= 11 is 3.82. The summed E-state index contributed by atoms with van der Waals surface area (Å²) in [5.74, 6) is 0.135. The van der Waals surface area contributed by atoms with E-state index in [0.717, 1.165) is 0 Å². The summed E-state index contributed by atoms with van der Waals surface area (Å²) in [4.78, 5) is 11.0. The fourth-order valence-electron chi connectivity index (χ4n) is 1.88. The molecule has 0 spiro atoms. The van der Waals surface area contributed by atoms with Crippen LogP contribution in [0.3, 0.4) is 0 Å². The molecule has 1 aromatic rings. The van der Waals surface area contributed by atoms with Gasteiger partial charge in [-0.15, -0.1) is 0 Å². The summed E-state index contributed by atoms with van der Waals surface area (Å²) in [6.07, 6.45) is -0.191. The molecule has 118 valence electrons. The second-order valence-electron chi connectivity index (χ2n) is 4.70. The largest absolute Gasteiger partial charge is 0.491 e. The van der Waals surface area contributed by atoms with Crippen molar-refractivity contribution >= 4 is 18.6 Å². The van der Waals surface area contributed by atoms with Crippen molar-refractivity contribution < 1.29 is 24.5 Å². The molecule has 2 atom stereocenters. The number of thiol groups is 1. The molecule has 0 heterocycles. The highest BCUT2D eigenvalue weighted by Gasteiger charge is 2.20. The van der Waals surface area contributed by atoms with E-state index in [-0.39, 0.29) is 37.5 Å². The maximum absolute atomic E-state index is 11.0. The fraction of sp³-hybridized carbons (Fsp3) is 0.533. The molecule has 5 nitrogen and oxygen atoms in total. The van der Waals surface area contributed by atoms with Crippen LogP contribution in [0.25, 0.3) is 0 Å². The zero-order chi connectivity index (χ0) is 15.7. The first kappa shape index (κ1) is 17.8. The molecular weight excluding hydrogens is 292 g/mol. The van der Waals surface area contributed by atoms with E-state index in [1.807, 2.05) is 19.1 Å². The first-order chi connectivity index (χ1) is 10.1. The van der Waals surface area contributed by atoms with Gasteiger partial charge in [-0.2, -0.15) is 12.6 Å². The molecule has 2 N–H and O–H groups in total. The molecule has 0 aliphatic carbocycles. The maximum atomic E-state index is 11.0. The summed E-state index contributed by atoms with van der Waals surface area (Å²) in [6, 6.07) is 7.16. The summed E-state index contributed by atoms with van der Waals surface area (Å²) in [5, 5.41) is 19.2. The van der Waals surface area contributed by atoms with Crippen molar-refractivity contribution in [2.24, 2.45) is 5.92 Å². The highest BCUT2D eigenvalue weighted by molar-refractivity contribution is 7.81. The van der Waals surface area contributed by atoms with Crippen LogP contribution in [0.5, 0.6) is 5.75 Å². The van der Waals surface area contributed by atoms with Gasteiger partial charge in [-0.25, -0.2) is 0 Å². The molecule has 1 rings (SSSR count). The third-order valence-corrected chi connectivity index (χ3v) is 3.35. The van der Waals surface area contributed by atoms with E-state index in [1.54, 1.807) is 12.1 Å². The minimum absolute atomic E-state index is 0.0504. The van der Waals surface area contributed by atoms with Crippen molar-refractivity contribution in [1.82, 2.24) is 0 Å². The first-order valence-corrected chi connectivity index (χ1v) is 7.50. The molecule has 0 saturated carbocycles. The van der Waals surface area contributed by atoms with E-state index in [4.69, 9.17) is 14.6 Å². The van der Waals surface area contributed by atoms with E-state index in [2.05, 4.69) is 12.6 Å². The monoisotopic (exact) mass is 314 g/mol. The summed E-state index contributed by atoms with van der Waals surface area (Å²) in [7, 11) is 0. The van der Waals surface area contributed by atoms with E-state index in [1.165, 1.54) is 0 Å². The predicted molar refractivity (Wildman–Crippen MR) is 82.6 cm³/mol. The first-order valence-electron chi connectivity index (χ1n) is 6.87. The lowest BCUT2D eigenvalue weighted by Crippen LogP contribution is -2.15. The van der Waals surface area contributed by atoms with Crippen LogP contribution >= 0.6 is 12.6 Å². The number of para-hydroxylation sites is 1. The topological polar surface area (TPSA) is 76.0 Å². The number of benzene rings is 1. The number of aliphatic hydroxyl groups excluding tert-OH is 2. The Morgan fingerprint density at radius 3 is 2.71 bits per heavy atom. The minimum Gasteiger partial charge on any atom is -0.491 e. The smallest absolute Gasteiger partial charge is 0.315 e. The Labute approximate surface area is 130 Å². The number of carbonyl (C=O) groups excluding carboxylic acids is 1. The molecular formula is C15H22O5S. The number of esters is 1. The van der Waals surface area contributed by atoms with E-state index >= 15 is 0 Å². The molecule has 6 heteroatoms. The highest BCUT2D eigenvalue weighted by atomic mass is 32.1. The Hall–Kier alpha value is -1.24. The van der Waals surface area contributed by atoms with E-state index < -0.39 is 6.10 Å². The van der Waals surface area contributed by atoms with Crippen LogP contribution in [0.1, 0.15) is 25.0 Å². The average molecular weight is 314 g/mol. The van der Waals surface area contributed by atoms with Gasteiger partial charge >= 0.3 is 5.97 Å². The van der Waals surface area contributed by atoms with Gasteiger partial charge in [0, 0.05) is 5.56 Å². The predicted octanol–water partition coefficient (Wildman–Crippen LogP) is 1.59. The number of aliphatic hydroxyl groups is 2. The molecule has 0 radical (unpaired) electrons. The van der Waals surface area contributed by atoms with Gasteiger partial charge < -0.3 is 19.7 Å². The van der Waals surface area contributed by atoms with Gasteiger partial charge in [-0.3, -0.25) is 4.79 Å². The molecule has 0 amide bonds. The summed E-state index contributed by atoms with van der Waals surface area (Å²) in [5.41, 5.74) is 0.666. The van der Waals surface area contributed by atoms with Gasteiger partial charge in [0.1, 0.15) is 12.4 Å². The zero-order valence-electron chi connectivity index (χ0n) is 12.1. The van der Waals surface area contributed by atoms with Crippen molar-refractivity contribution in [2.75, 3.05) is 25.6 Å². The van der Waals surface area contributed by atoms with Crippen molar-refractivity contribution in [3.8, 4) is 5.75 Å². The van der Waals surface area contributed by atoms with E-state index in [9.17, 15) is 9.90 Å². The van der Waals surface area contributed by atoms with Crippen LogP contribution in [0.4, 0.5) is 0 Å². The summed E-state index contributed by atoms with van der Waals surface area (Å²) < 4.78 is 10.4. The molecule has 1 aromatic carbocycles. The molecule has 0 bridgehead atoms. The second kappa shape index (κ2) is 9.65. The third kappa shape index (κ3) is 5.95. The second-order valence-corrected chi connectivity index (χ2v) is 5.02. The molecule has 0 aliphatic rings. The quantitative estimate of drug-likeness (QED) is 0.477. The Morgan fingerprint density at radius 2 is 2.05 bits per heavy atom. The van der Waals surface area contributed by atoms with Crippen LogP contribution in [0.2, 0.25) is 0 Å². The molecule has 21 heavy (non-hydrogen) atoms. The molecule has 0 aliphatic heterocycles. The van der Waals surface area contributed by atoms with Gasteiger partial charge in [0.2, 0.25) is 0 Å². The van der Waals surface area contributed by atoms with Gasteiger partial charge in [0.05, 0.1) is 25.1 Å². The maximum Gasteiger partial charge on any atom is 0.315 e. The number of rotatable bonds is 9. The number of carbonyl (C=O) groups is 1. The Bertz CT molecular complexity index is 438. The number of hydrogen-bond acceptors (Lipinski definition) is 6. The molecule has 0 saturated heterocycles. The Morgan fingerprint density at radius 1 is 1.33 bits per heavy atom. The molecule has 0 fully saturated rings. The normalized spacial score (nSPS) is 13.5. The van der Waals surface area contributed by atoms with Gasteiger partial charge in [0.15, 0.2) is 0 Å². The van der Waals surface area contributed by atoms with Crippen LogP contribution in [0, 0.1) is 5.92 Å². The van der Waals surface area contributed by atoms with Gasteiger partial charge in [0.25, 0.3) is 0 Å². The van der Waals surface area contributed by atoms with Crippen LogP contribution < -0.4 is 4.74 Å². The SMILES string of the molecule is C[C@@H](CCOC(=O)CS)[C@@H](O)c1ccccc1OCCO. The standard InChI is InChI=1S/C15H22O5S/c1-11(6-8-20-14(17)10-21)15(18)12-4-2-3-5-13(12)19-9-7-16/h2-5,11,15-16,18,21H,6-10H2,1H3/t11-,15+/m0/s1. The lowest BCUT2D eigenvalue weighted by atomic mass is 9.94. The number of ether oxygens (including phenoxy) is 2. The van der Waals surface area contributed by atoms with Crippen molar-refractivity contribution in [3.05, 3.63) is 29.8 Å². The van der Waals surface area contributed by atoms with Gasteiger partial charge in [-0.1, -0.05) is 25.1 Å².